The van der Waals surface area contributed by atoms with Crippen molar-refractivity contribution in [3.63, 3.8) is 0 Å². The minimum Gasteiger partial charge on any atom is -0.387 e. The predicted octanol–water partition coefficient (Wildman–Crippen LogP) is -0.948. The molecule has 0 aliphatic heterocycles. The molecule has 4 nitrogen and oxygen atoms in total. The van der Waals surface area contributed by atoms with Crippen LogP contribution in [0.25, 0.3) is 0 Å². The number of hydrogen-bond acceptors (Lipinski definition) is 3. The summed E-state index contributed by atoms with van der Waals surface area (Å²) < 4.78 is 0. The van der Waals surface area contributed by atoms with Crippen LogP contribution in [0.2, 0.25) is 0 Å². The van der Waals surface area contributed by atoms with Crippen molar-refractivity contribution >= 4 is 13.4 Å². The highest BCUT2D eigenvalue weighted by molar-refractivity contribution is 6.31. The van der Waals surface area contributed by atoms with Gasteiger partial charge in [0.2, 0.25) is 0 Å². The SMILES string of the molecule is [B]c1nn(C)nc1C(O)CC. The second-order valence-corrected chi connectivity index (χ2v) is 2.38. The van der Waals surface area contributed by atoms with Crippen molar-refractivity contribution in [3.05, 3.63) is 5.69 Å². The second kappa shape index (κ2) is 3.05. The summed E-state index contributed by atoms with van der Waals surface area (Å²) in [6.07, 6.45) is 0.00630. The Morgan fingerprint density at radius 1 is 1.64 bits per heavy atom. The smallest absolute Gasteiger partial charge is 0.147 e. The fourth-order valence-electron chi connectivity index (χ4n) is 0.867. The largest absolute Gasteiger partial charge is 0.387 e. The Labute approximate surface area is 66.6 Å². The van der Waals surface area contributed by atoms with E-state index in [-0.39, 0.29) is 0 Å². The monoisotopic (exact) mass is 151 g/mol. The van der Waals surface area contributed by atoms with Crippen LogP contribution in [0.5, 0.6) is 0 Å². The third-order valence-electron chi connectivity index (χ3n) is 1.47. The van der Waals surface area contributed by atoms with Crippen molar-refractivity contribution in [2.75, 3.05) is 0 Å². The fourth-order valence-corrected chi connectivity index (χ4v) is 0.867. The molecule has 0 bridgehead atoms. The van der Waals surface area contributed by atoms with Crippen molar-refractivity contribution in [1.29, 1.82) is 0 Å². The highest BCUT2D eigenvalue weighted by Crippen LogP contribution is 2.08. The molecule has 0 fully saturated rings. The molecule has 5 heteroatoms. The molecule has 1 unspecified atom stereocenters. The first kappa shape index (κ1) is 8.26. The molecule has 1 aromatic rings. The highest BCUT2D eigenvalue weighted by Gasteiger charge is 2.12. The van der Waals surface area contributed by atoms with E-state index in [1.807, 2.05) is 6.92 Å². The van der Waals surface area contributed by atoms with Crippen LogP contribution < -0.4 is 5.59 Å². The van der Waals surface area contributed by atoms with E-state index >= 15 is 0 Å². The van der Waals surface area contributed by atoms with Gasteiger partial charge in [0.1, 0.15) is 13.5 Å². The van der Waals surface area contributed by atoms with Gasteiger partial charge < -0.3 is 5.11 Å². The van der Waals surface area contributed by atoms with E-state index in [9.17, 15) is 5.11 Å². The second-order valence-electron chi connectivity index (χ2n) is 2.38. The number of rotatable bonds is 2. The van der Waals surface area contributed by atoms with Crippen LogP contribution >= 0.6 is 0 Å². The van der Waals surface area contributed by atoms with Gasteiger partial charge in [-0.05, 0) is 6.42 Å². The summed E-state index contributed by atoms with van der Waals surface area (Å²) in [5.41, 5.74) is 0.775. The number of hydrogen-bond donors (Lipinski definition) is 1. The molecule has 58 valence electrons. The van der Waals surface area contributed by atoms with Crippen LogP contribution in [0, 0.1) is 0 Å². The zero-order chi connectivity index (χ0) is 8.43. The fraction of sp³-hybridized carbons (Fsp3) is 0.667. The van der Waals surface area contributed by atoms with Crippen molar-refractivity contribution < 1.29 is 5.11 Å². The standard InChI is InChI=1S/C6H10BN3O/c1-3-4(11)5-6(7)9-10(2)8-5/h4,11H,3H2,1-2H3. The minimum atomic E-state index is -0.594. The maximum atomic E-state index is 9.33. The molecule has 0 aliphatic rings. The number of nitrogens with zero attached hydrogens (tertiary/aromatic N) is 3. The lowest BCUT2D eigenvalue weighted by Crippen LogP contribution is -2.13. The van der Waals surface area contributed by atoms with Gasteiger partial charge in [-0.3, -0.25) is 0 Å². The summed E-state index contributed by atoms with van der Waals surface area (Å²) in [5.74, 6) is 0. The first-order chi connectivity index (χ1) is 5.15. The summed E-state index contributed by atoms with van der Waals surface area (Å²) in [4.78, 5) is 1.35. The minimum absolute atomic E-state index is 0.307. The summed E-state index contributed by atoms with van der Waals surface area (Å²) in [6.45, 7) is 1.86. The maximum Gasteiger partial charge on any atom is 0.147 e. The van der Waals surface area contributed by atoms with Gasteiger partial charge in [0.15, 0.2) is 0 Å². The van der Waals surface area contributed by atoms with Gasteiger partial charge in [0, 0.05) is 12.6 Å². The van der Waals surface area contributed by atoms with Gasteiger partial charge in [0.25, 0.3) is 0 Å². The van der Waals surface area contributed by atoms with Gasteiger partial charge in [-0.2, -0.15) is 15.0 Å². The van der Waals surface area contributed by atoms with E-state index in [4.69, 9.17) is 7.85 Å². The summed E-state index contributed by atoms with van der Waals surface area (Å²) in [5, 5.41) is 17.0. The quantitative estimate of drug-likeness (QED) is 0.554. The van der Waals surface area contributed by atoms with Gasteiger partial charge in [-0.15, -0.1) is 0 Å². The van der Waals surface area contributed by atoms with Crippen molar-refractivity contribution in [2.45, 2.75) is 19.4 Å². The average Bonchev–Trinajstić information content (AvgIpc) is 2.28. The number of aryl methyl sites for hydroxylation is 1. The molecule has 11 heavy (non-hydrogen) atoms. The Kier molecular flexibility index (Phi) is 2.29. The molecule has 0 aliphatic carbocycles. The van der Waals surface area contributed by atoms with E-state index in [0.29, 0.717) is 17.7 Å². The van der Waals surface area contributed by atoms with E-state index in [0.717, 1.165) is 0 Å². The van der Waals surface area contributed by atoms with Crippen molar-refractivity contribution in [1.82, 2.24) is 15.0 Å². The van der Waals surface area contributed by atoms with Crippen LogP contribution in [0.3, 0.4) is 0 Å². The summed E-state index contributed by atoms with van der Waals surface area (Å²) in [7, 11) is 7.13. The lowest BCUT2D eigenvalue weighted by Gasteiger charge is -2.02. The molecule has 1 N–H and O–H groups in total. The average molecular weight is 151 g/mol. The van der Waals surface area contributed by atoms with Crippen molar-refractivity contribution in [3.8, 4) is 0 Å². The number of aromatic nitrogens is 3. The lowest BCUT2D eigenvalue weighted by atomic mass is 9.99. The molecule has 0 spiro atoms. The normalized spacial score (nSPS) is 13.4. The number of aliphatic hydroxyl groups excluding tert-OH is 1. The molecular weight excluding hydrogens is 141 g/mol. The molecule has 0 saturated carbocycles. The van der Waals surface area contributed by atoms with Gasteiger partial charge in [-0.25, -0.2) is 0 Å². The molecule has 0 amide bonds. The zero-order valence-electron chi connectivity index (χ0n) is 6.65. The molecule has 1 heterocycles. The zero-order valence-corrected chi connectivity index (χ0v) is 6.65. The predicted molar refractivity (Wildman–Crippen MR) is 41.6 cm³/mol. The van der Waals surface area contributed by atoms with Crippen LogP contribution in [0.1, 0.15) is 25.1 Å². The molecule has 0 saturated heterocycles. The summed E-state index contributed by atoms with van der Waals surface area (Å²) in [6, 6.07) is 0. The van der Waals surface area contributed by atoms with Crippen LogP contribution in [0.15, 0.2) is 0 Å². The topological polar surface area (TPSA) is 50.9 Å². The van der Waals surface area contributed by atoms with E-state index in [1.165, 1.54) is 4.80 Å². The Balaban J connectivity index is 2.93. The van der Waals surface area contributed by atoms with E-state index in [2.05, 4.69) is 10.2 Å². The molecule has 1 aromatic heterocycles. The maximum absolute atomic E-state index is 9.33. The Morgan fingerprint density at radius 2 is 2.27 bits per heavy atom. The van der Waals surface area contributed by atoms with Gasteiger partial charge >= 0.3 is 0 Å². The molecule has 0 aromatic carbocycles. The van der Waals surface area contributed by atoms with Gasteiger partial charge in [0.05, 0.1) is 6.10 Å². The van der Waals surface area contributed by atoms with Crippen LogP contribution in [-0.4, -0.2) is 27.9 Å². The third kappa shape index (κ3) is 1.60. The molecule has 1 atom stereocenters. The Bertz CT molecular complexity index is 248. The third-order valence-corrected chi connectivity index (χ3v) is 1.47. The van der Waals surface area contributed by atoms with E-state index < -0.39 is 6.10 Å². The van der Waals surface area contributed by atoms with E-state index in [1.54, 1.807) is 7.05 Å². The van der Waals surface area contributed by atoms with Crippen molar-refractivity contribution in [2.24, 2.45) is 7.05 Å². The molecule has 1 rings (SSSR count). The first-order valence-electron chi connectivity index (χ1n) is 3.50. The Hall–Kier alpha value is -0.835. The molecule has 2 radical (unpaired) electrons. The van der Waals surface area contributed by atoms with Crippen LogP contribution in [0.4, 0.5) is 0 Å². The summed E-state index contributed by atoms with van der Waals surface area (Å²) >= 11 is 0. The van der Waals surface area contributed by atoms with Gasteiger partial charge in [-0.1, -0.05) is 6.92 Å². The highest BCUT2D eigenvalue weighted by atomic mass is 16.3. The van der Waals surface area contributed by atoms with Crippen LogP contribution in [-0.2, 0) is 7.05 Å². The molecular formula is C6H10BN3O. The first-order valence-corrected chi connectivity index (χ1v) is 3.50. The Morgan fingerprint density at radius 3 is 2.64 bits per heavy atom. The lowest BCUT2D eigenvalue weighted by molar-refractivity contribution is 0.169. The number of aliphatic hydroxyl groups is 1.